The molecule has 0 N–H and O–H groups in total. The predicted octanol–water partition coefficient (Wildman–Crippen LogP) is 2.13. The van der Waals surface area contributed by atoms with Gasteiger partial charge in [-0.05, 0) is 43.0 Å². The molecule has 0 bridgehead atoms. The van der Waals surface area contributed by atoms with E-state index in [9.17, 15) is 9.59 Å². The largest absolute Gasteiger partial charge is 0.469 e. The normalized spacial score (nSPS) is 10.2. The quantitative estimate of drug-likeness (QED) is 0.617. The minimum Gasteiger partial charge on any atom is -0.469 e. The number of hydrogen-bond donors (Lipinski definition) is 0. The molecule has 0 aliphatic rings. The number of methoxy groups -OCH3 is 1. The van der Waals surface area contributed by atoms with E-state index >= 15 is 0 Å². The lowest BCUT2D eigenvalue weighted by atomic mass is 9.98. The van der Waals surface area contributed by atoms with Crippen LogP contribution in [0.15, 0.2) is 12.1 Å². The van der Waals surface area contributed by atoms with Gasteiger partial charge in [0, 0.05) is 13.6 Å². The lowest BCUT2D eigenvalue weighted by molar-refractivity contribution is -0.146. The van der Waals surface area contributed by atoms with Crippen molar-refractivity contribution in [2.45, 2.75) is 33.7 Å². The smallest absolute Gasteiger partial charge is 0.315 e. The van der Waals surface area contributed by atoms with Crippen LogP contribution in [0.3, 0.4) is 0 Å². The van der Waals surface area contributed by atoms with Gasteiger partial charge >= 0.3 is 5.97 Å². The fraction of sp³-hybridized carbons (Fsp3) is 0.467. The lowest BCUT2D eigenvalue weighted by Crippen LogP contribution is -2.28. The van der Waals surface area contributed by atoms with Crippen LogP contribution >= 0.6 is 0 Å². The number of benzene rings is 1. The van der Waals surface area contributed by atoms with E-state index in [0.717, 1.165) is 5.56 Å². The van der Waals surface area contributed by atoms with Gasteiger partial charge in [0.05, 0.1) is 7.11 Å². The van der Waals surface area contributed by atoms with Crippen molar-refractivity contribution in [1.29, 1.82) is 0 Å². The minimum absolute atomic E-state index is 0.211. The number of esters is 1. The van der Waals surface area contributed by atoms with Crippen molar-refractivity contribution < 1.29 is 14.3 Å². The first-order valence-electron chi connectivity index (χ1n) is 6.23. The summed E-state index contributed by atoms with van der Waals surface area (Å²) in [7, 11) is 2.98. The number of ether oxygens (including phenoxy) is 1. The Hall–Kier alpha value is -1.84. The second-order valence-corrected chi connectivity index (χ2v) is 4.79. The number of hydrogen-bond acceptors (Lipinski definition) is 3. The van der Waals surface area contributed by atoms with E-state index in [1.807, 2.05) is 6.07 Å². The average molecular weight is 263 g/mol. The molecule has 0 saturated heterocycles. The maximum absolute atomic E-state index is 11.8. The van der Waals surface area contributed by atoms with Crippen molar-refractivity contribution in [3.05, 3.63) is 34.4 Å². The van der Waals surface area contributed by atoms with E-state index in [2.05, 4.69) is 31.6 Å². The average Bonchev–Trinajstić information content (AvgIpc) is 2.39. The Bertz CT molecular complexity index is 494. The van der Waals surface area contributed by atoms with Gasteiger partial charge in [0.15, 0.2) is 0 Å². The van der Waals surface area contributed by atoms with Crippen molar-refractivity contribution in [3.63, 3.8) is 0 Å². The molecule has 4 heteroatoms. The Morgan fingerprint density at radius 1 is 1.16 bits per heavy atom. The van der Waals surface area contributed by atoms with Crippen LogP contribution in [0.4, 0.5) is 0 Å². The van der Waals surface area contributed by atoms with Crippen LogP contribution in [0.2, 0.25) is 0 Å². The minimum atomic E-state index is -0.506. The second-order valence-electron chi connectivity index (χ2n) is 4.79. The molecule has 0 heterocycles. The van der Waals surface area contributed by atoms with E-state index in [0.29, 0.717) is 6.54 Å². The van der Waals surface area contributed by atoms with E-state index < -0.39 is 5.97 Å². The monoisotopic (exact) mass is 263 g/mol. The van der Waals surface area contributed by atoms with Crippen LogP contribution < -0.4 is 0 Å². The summed E-state index contributed by atoms with van der Waals surface area (Å²) in [6.07, 6.45) is -0.211. The van der Waals surface area contributed by atoms with Crippen LogP contribution in [0.1, 0.15) is 28.7 Å². The van der Waals surface area contributed by atoms with Gasteiger partial charge in [-0.15, -0.1) is 0 Å². The van der Waals surface area contributed by atoms with Gasteiger partial charge in [-0.25, -0.2) is 0 Å². The Balaban J connectivity index is 2.77. The summed E-state index contributed by atoms with van der Waals surface area (Å²) < 4.78 is 4.49. The fourth-order valence-electron chi connectivity index (χ4n) is 1.86. The molecule has 1 aromatic rings. The number of carbonyl (C=O) groups is 2. The zero-order valence-electron chi connectivity index (χ0n) is 12.2. The number of amides is 1. The number of aryl methyl sites for hydroxylation is 1. The highest BCUT2D eigenvalue weighted by atomic mass is 16.5. The van der Waals surface area contributed by atoms with Crippen LogP contribution in [-0.2, 0) is 20.9 Å². The van der Waals surface area contributed by atoms with Crippen LogP contribution in [0.25, 0.3) is 0 Å². The third kappa shape index (κ3) is 3.81. The molecule has 0 unspecified atom stereocenters. The molecule has 0 aliphatic carbocycles. The molecule has 1 aromatic carbocycles. The summed E-state index contributed by atoms with van der Waals surface area (Å²) in [6, 6.07) is 4.08. The highest BCUT2D eigenvalue weighted by Gasteiger charge is 2.15. The molecule has 0 atom stereocenters. The zero-order chi connectivity index (χ0) is 14.6. The van der Waals surface area contributed by atoms with Gasteiger partial charge in [-0.1, -0.05) is 12.1 Å². The highest BCUT2D eigenvalue weighted by Crippen LogP contribution is 2.18. The Morgan fingerprint density at radius 2 is 1.79 bits per heavy atom. The molecule has 1 amide bonds. The first-order chi connectivity index (χ1) is 8.86. The molecular weight excluding hydrogens is 242 g/mol. The van der Waals surface area contributed by atoms with Crippen molar-refractivity contribution in [2.75, 3.05) is 14.2 Å². The molecule has 0 spiro atoms. The molecule has 4 nitrogen and oxygen atoms in total. The maximum Gasteiger partial charge on any atom is 0.315 e. The molecule has 0 aromatic heterocycles. The standard InChI is InChI=1S/C15H21NO3/c1-10-6-7-13(12(3)11(10)2)9-16(4)14(17)8-15(18)19-5/h6-7H,8-9H2,1-5H3. The summed E-state index contributed by atoms with van der Waals surface area (Å²) in [5.41, 5.74) is 4.78. The molecule has 0 saturated carbocycles. The number of carbonyl (C=O) groups excluding carboxylic acids is 2. The second kappa shape index (κ2) is 6.36. The van der Waals surface area contributed by atoms with Crippen LogP contribution in [-0.4, -0.2) is 30.9 Å². The Labute approximate surface area is 114 Å². The molecule has 1 rings (SSSR count). The molecule has 0 fully saturated rings. The molecule has 0 radical (unpaired) electrons. The number of rotatable bonds is 4. The van der Waals surface area contributed by atoms with Crippen LogP contribution in [0.5, 0.6) is 0 Å². The van der Waals surface area contributed by atoms with Crippen molar-refractivity contribution in [1.82, 2.24) is 4.90 Å². The summed E-state index contributed by atoms with van der Waals surface area (Å²) in [5.74, 6) is -0.738. The van der Waals surface area contributed by atoms with Crippen LogP contribution in [0, 0.1) is 20.8 Å². The van der Waals surface area contributed by atoms with E-state index in [1.165, 1.54) is 23.8 Å². The SMILES string of the molecule is COC(=O)CC(=O)N(C)Cc1ccc(C)c(C)c1C. The Kier molecular flexibility index (Phi) is 5.10. The highest BCUT2D eigenvalue weighted by molar-refractivity contribution is 5.94. The van der Waals surface area contributed by atoms with Gasteiger partial charge in [-0.3, -0.25) is 9.59 Å². The molecule has 19 heavy (non-hydrogen) atoms. The van der Waals surface area contributed by atoms with E-state index in [1.54, 1.807) is 11.9 Å². The molecular formula is C15H21NO3. The summed E-state index contributed by atoms with van der Waals surface area (Å²) in [6.45, 7) is 6.70. The van der Waals surface area contributed by atoms with Crippen molar-refractivity contribution in [2.24, 2.45) is 0 Å². The first kappa shape index (κ1) is 15.2. The van der Waals surface area contributed by atoms with Crippen molar-refractivity contribution >= 4 is 11.9 Å². The maximum atomic E-state index is 11.8. The van der Waals surface area contributed by atoms with Gasteiger partial charge in [0.1, 0.15) is 6.42 Å². The zero-order valence-corrected chi connectivity index (χ0v) is 12.2. The van der Waals surface area contributed by atoms with Gasteiger partial charge in [0.2, 0.25) is 5.91 Å². The lowest BCUT2D eigenvalue weighted by Gasteiger charge is -2.19. The summed E-state index contributed by atoms with van der Waals surface area (Å²) in [4.78, 5) is 24.4. The topological polar surface area (TPSA) is 46.6 Å². The first-order valence-corrected chi connectivity index (χ1v) is 6.23. The third-order valence-corrected chi connectivity index (χ3v) is 3.53. The van der Waals surface area contributed by atoms with Crippen molar-refractivity contribution in [3.8, 4) is 0 Å². The molecule has 0 aliphatic heterocycles. The van der Waals surface area contributed by atoms with E-state index in [4.69, 9.17) is 0 Å². The van der Waals surface area contributed by atoms with E-state index in [-0.39, 0.29) is 12.3 Å². The summed E-state index contributed by atoms with van der Waals surface area (Å²) >= 11 is 0. The number of nitrogens with zero attached hydrogens (tertiary/aromatic N) is 1. The Morgan fingerprint density at radius 3 is 2.37 bits per heavy atom. The van der Waals surface area contributed by atoms with Gasteiger partial charge in [0.25, 0.3) is 0 Å². The molecule has 104 valence electrons. The summed E-state index contributed by atoms with van der Waals surface area (Å²) in [5, 5.41) is 0. The predicted molar refractivity (Wildman–Crippen MR) is 73.8 cm³/mol. The fourth-order valence-corrected chi connectivity index (χ4v) is 1.86. The van der Waals surface area contributed by atoms with Gasteiger partial charge in [-0.2, -0.15) is 0 Å². The van der Waals surface area contributed by atoms with Gasteiger partial charge < -0.3 is 9.64 Å². The third-order valence-electron chi connectivity index (χ3n) is 3.53.